The normalized spacial score (nSPS) is 22.2. The Morgan fingerprint density at radius 1 is 0.311 bits per heavy atom. The predicted molar refractivity (Wildman–Crippen MR) is 255 cm³/mol. The molecule has 4 saturated heterocycles. The summed E-state index contributed by atoms with van der Waals surface area (Å²) in [6.07, 6.45) is 0. The molecule has 344 valence electrons. The van der Waals surface area contributed by atoms with Gasteiger partial charge in [-0.05, 0) is 70.2 Å². The van der Waals surface area contributed by atoms with E-state index >= 15 is 0 Å². The van der Waals surface area contributed by atoms with Gasteiger partial charge in [0.05, 0.1) is 100 Å². The van der Waals surface area contributed by atoms with Crippen molar-refractivity contribution >= 4 is 22.7 Å². The molecule has 4 fully saturated rings. The molecule has 0 saturated carbocycles. The van der Waals surface area contributed by atoms with Crippen LogP contribution >= 0.6 is 0 Å². The summed E-state index contributed by atoms with van der Waals surface area (Å²) in [5, 5.41) is 0. The van der Waals surface area contributed by atoms with E-state index in [-0.39, 0.29) is 21.7 Å². The van der Waals surface area contributed by atoms with Gasteiger partial charge in [0.25, 0.3) is 0 Å². The smallest absolute Gasteiger partial charge is 0.0741 e. The minimum atomic E-state index is 0.235. The third kappa shape index (κ3) is 15.8. The highest BCUT2D eigenvalue weighted by atomic mass is 15.6. The molecular weight excluding hydrogens is 761 g/mol. The summed E-state index contributed by atoms with van der Waals surface area (Å²) < 4.78 is 0. The number of nitrogens with zero attached hydrogens (tertiary/aromatic N) is 12. The zero-order chi connectivity index (χ0) is 44.3. The van der Waals surface area contributed by atoms with Gasteiger partial charge in [0, 0.05) is 48.9 Å². The van der Waals surface area contributed by atoms with Crippen molar-refractivity contribution in [1.29, 1.82) is 0 Å². The second-order valence-corrected chi connectivity index (χ2v) is 24.0. The fourth-order valence-electron chi connectivity index (χ4n) is 9.93. The second kappa shape index (κ2) is 19.5. The van der Waals surface area contributed by atoms with Crippen LogP contribution in [0.3, 0.4) is 0 Å². The van der Waals surface area contributed by atoms with E-state index in [1.54, 1.807) is 0 Å². The summed E-state index contributed by atoms with van der Waals surface area (Å²) in [5.41, 5.74) is 17.4. The quantitative estimate of drug-likeness (QED) is 0.253. The Balaban J connectivity index is 1.21. The Morgan fingerprint density at radius 2 is 0.508 bits per heavy atom. The lowest BCUT2D eigenvalue weighted by Crippen LogP contribution is -2.65. The summed E-state index contributed by atoms with van der Waals surface area (Å²) in [5.74, 6) is 0. The van der Waals surface area contributed by atoms with Gasteiger partial charge in [-0.3, -0.25) is 49.0 Å². The molecule has 14 heteroatoms. The summed E-state index contributed by atoms with van der Waals surface area (Å²) in [7, 11) is 0. The Labute approximate surface area is 371 Å². The molecule has 0 unspecified atom stereocenters. The van der Waals surface area contributed by atoms with Crippen LogP contribution in [-0.4, -0.2) is 175 Å². The number of nitrogen functional groups attached to an aromatic ring is 2. The van der Waals surface area contributed by atoms with Gasteiger partial charge in [0.2, 0.25) is 0 Å². The first-order chi connectivity index (χ1) is 28.4. The molecule has 4 heterocycles. The first-order valence-electron chi connectivity index (χ1n) is 22.8. The van der Waals surface area contributed by atoms with E-state index in [9.17, 15) is 0 Å². The SMILES string of the molecule is CC(C)(C)CN1CN(CN2CN(CN3CN(CN4CN(CC(C)(C)C)CN(CC(C)(C)C)C4)CN(c4ccc(N)cc4)C3)CN(c3ccc(N)cc3)C2)CN(CC(C)(C)C)C1. The van der Waals surface area contributed by atoms with Gasteiger partial charge in [-0.1, -0.05) is 83.1 Å². The van der Waals surface area contributed by atoms with Gasteiger partial charge in [-0.25, -0.2) is 0 Å². The van der Waals surface area contributed by atoms with Crippen LogP contribution < -0.4 is 21.3 Å². The maximum absolute atomic E-state index is 6.20. The van der Waals surface area contributed by atoms with Gasteiger partial charge in [-0.15, -0.1) is 0 Å². The lowest BCUT2D eigenvalue weighted by atomic mass is 9.95. The summed E-state index contributed by atoms with van der Waals surface area (Å²) in [6, 6.07) is 16.9. The Kier molecular flexibility index (Phi) is 15.3. The fraction of sp³-hybridized carbons (Fsp3) is 0.745. The number of nitrogens with two attached hydrogens (primary N) is 2. The van der Waals surface area contributed by atoms with Crippen LogP contribution in [0.15, 0.2) is 48.5 Å². The highest BCUT2D eigenvalue weighted by Gasteiger charge is 2.35. The topological polar surface area (TPSA) is 90.9 Å². The van der Waals surface area contributed by atoms with Crippen molar-refractivity contribution in [1.82, 2.24) is 49.0 Å². The van der Waals surface area contributed by atoms with Crippen molar-refractivity contribution in [2.45, 2.75) is 83.1 Å². The standard InChI is InChI=1S/C47H86N14/c1-44(2,3)21-50-25-51(22-45(4,5)6)28-54(27-50)31-56-33-58(38-60(36-56)42-17-13-40(48)14-18-42)35-59-34-57(37-61(39-59)43-19-15-41(49)16-20-43)32-55-29-52(23-46(7,8)9)26-53(30-55)24-47(10,11)12/h13-20H,21-39,48-49H2,1-12H3. The Hall–Kier alpha value is -2.76. The molecule has 0 aliphatic carbocycles. The van der Waals surface area contributed by atoms with Crippen molar-refractivity contribution < 1.29 is 0 Å². The van der Waals surface area contributed by atoms with E-state index in [1.807, 2.05) is 24.3 Å². The number of rotatable bonds is 12. The van der Waals surface area contributed by atoms with Gasteiger partial charge < -0.3 is 21.3 Å². The van der Waals surface area contributed by atoms with Crippen LogP contribution in [0.25, 0.3) is 0 Å². The molecule has 4 aliphatic heterocycles. The largest absolute Gasteiger partial charge is 0.399 e. The third-order valence-electron chi connectivity index (χ3n) is 11.2. The second-order valence-electron chi connectivity index (χ2n) is 24.0. The number of benzene rings is 2. The monoisotopic (exact) mass is 847 g/mol. The molecule has 0 amide bonds. The van der Waals surface area contributed by atoms with Crippen LogP contribution in [-0.2, 0) is 0 Å². The highest BCUT2D eigenvalue weighted by molar-refractivity contribution is 5.54. The zero-order valence-electron chi connectivity index (χ0n) is 40.6. The molecule has 0 atom stereocenters. The lowest BCUT2D eigenvalue weighted by molar-refractivity contribution is -0.0932. The summed E-state index contributed by atoms with van der Waals surface area (Å²) in [6.45, 7) is 46.4. The molecule has 6 rings (SSSR count). The third-order valence-corrected chi connectivity index (χ3v) is 11.2. The van der Waals surface area contributed by atoms with Crippen molar-refractivity contribution in [3.63, 3.8) is 0 Å². The molecular formula is C47H86N14. The van der Waals surface area contributed by atoms with Gasteiger partial charge in [-0.2, -0.15) is 0 Å². The van der Waals surface area contributed by atoms with E-state index in [0.717, 1.165) is 138 Å². The average molecular weight is 847 g/mol. The van der Waals surface area contributed by atoms with Gasteiger partial charge in [0.1, 0.15) is 0 Å². The first-order valence-corrected chi connectivity index (χ1v) is 22.8. The molecule has 61 heavy (non-hydrogen) atoms. The van der Waals surface area contributed by atoms with Gasteiger partial charge in [0.15, 0.2) is 0 Å². The zero-order valence-corrected chi connectivity index (χ0v) is 40.6. The predicted octanol–water partition coefficient (Wildman–Crippen LogP) is 5.79. The first kappa shape index (κ1) is 47.7. The summed E-state index contributed by atoms with van der Waals surface area (Å²) in [4.78, 5) is 31.5. The molecule has 0 spiro atoms. The van der Waals surface area contributed by atoms with Crippen LogP contribution in [0.2, 0.25) is 0 Å². The van der Waals surface area contributed by atoms with E-state index < -0.39 is 0 Å². The summed E-state index contributed by atoms with van der Waals surface area (Å²) >= 11 is 0. The van der Waals surface area contributed by atoms with E-state index in [1.165, 1.54) is 11.4 Å². The van der Waals surface area contributed by atoms with E-state index in [4.69, 9.17) is 11.5 Å². The van der Waals surface area contributed by atoms with Crippen LogP contribution in [0.5, 0.6) is 0 Å². The minimum Gasteiger partial charge on any atom is -0.399 e. The average Bonchev–Trinajstić information content (AvgIpc) is 3.09. The van der Waals surface area contributed by atoms with Crippen molar-refractivity contribution in [3.05, 3.63) is 48.5 Å². The van der Waals surface area contributed by atoms with Crippen molar-refractivity contribution in [2.24, 2.45) is 21.7 Å². The number of anilines is 4. The minimum absolute atomic E-state index is 0.235. The molecule has 0 aromatic heterocycles. The Bertz CT molecular complexity index is 1470. The highest BCUT2D eigenvalue weighted by Crippen LogP contribution is 2.27. The van der Waals surface area contributed by atoms with E-state index in [2.05, 4.69) is 166 Å². The van der Waals surface area contributed by atoms with Crippen LogP contribution in [0.1, 0.15) is 83.1 Å². The molecule has 4 aliphatic rings. The van der Waals surface area contributed by atoms with Crippen LogP contribution in [0, 0.1) is 21.7 Å². The van der Waals surface area contributed by atoms with Crippen molar-refractivity contribution in [2.75, 3.05) is 147 Å². The van der Waals surface area contributed by atoms with Gasteiger partial charge >= 0.3 is 0 Å². The molecule has 4 N–H and O–H groups in total. The lowest BCUT2D eigenvalue weighted by Gasteiger charge is -2.51. The van der Waals surface area contributed by atoms with E-state index in [0.29, 0.717) is 0 Å². The van der Waals surface area contributed by atoms with Crippen LogP contribution in [0.4, 0.5) is 22.7 Å². The van der Waals surface area contributed by atoms with Crippen molar-refractivity contribution in [3.8, 4) is 0 Å². The molecule has 14 nitrogen and oxygen atoms in total. The fourth-order valence-corrected chi connectivity index (χ4v) is 9.93. The maximum Gasteiger partial charge on any atom is 0.0741 e. The Morgan fingerprint density at radius 3 is 0.738 bits per heavy atom. The maximum atomic E-state index is 6.20. The number of hydrogen-bond donors (Lipinski definition) is 2. The molecule has 0 bridgehead atoms. The molecule has 0 radical (unpaired) electrons. The molecule has 2 aromatic rings. The molecule has 2 aromatic carbocycles. The number of hydrogen-bond acceptors (Lipinski definition) is 14.